The Hall–Kier alpha value is 0.360. The monoisotopic (exact) mass is 313 g/mol. The van der Waals surface area contributed by atoms with Gasteiger partial charge in [0.2, 0.25) is 0 Å². The zero-order chi connectivity index (χ0) is 9.19. The molecule has 66 valence electrons. The van der Waals surface area contributed by atoms with Gasteiger partial charge >= 0.3 is 0 Å². The first kappa shape index (κ1) is 10.4. The summed E-state index contributed by atoms with van der Waals surface area (Å²) in [6.45, 7) is 0. The van der Waals surface area contributed by atoms with Crippen LogP contribution >= 0.6 is 43.5 Å². The van der Waals surface area contributed by atoms with Crippen LogP contribution in [0.4, 0.5) is 0 Å². The van der Waals surface area contributed by atoms with E-state index in [-0.39, 0.29) is 0 Å². The average molecular weight is 315 g/mol. The van der Waals surface area contributed by atoms with E-state index in [9.17, 15) is 5.11 Å². The summed E-state index contributed by atoms with van der Waals surface area (Å²) in [6, 6.07) is 3.42. The van der Waals surface area contributed by atoms with Crippen LogP contribution in [0, 0.1) is 0 Å². The summed E-state index contributed by atoms with van der Waals surface area (Å²) in [4.78, 5) is 3.85. The van der Waals surface area contributed by atoms with Gasteiger partial charge in [0.15, 0.2) is 5.06 Å². The van der Waals surface area contributed by atoms with Crippen molar-refractivity contribution in [3.05, 3.63) is 30.1 Å². The molecular weight excluding hydrogens is 309 g/mol. The van der Waals surface area contributed by atoms with Crippen molar-refractivity contribution in [1.29, 1.82) is 0 Å². The molecule has 0 radical (unpaired) electrons. The normalized spacial score (nSPS) is 16.1. The third-order valence-corrected chi connectivity index (χ3v) is 3.64. The van der Waals surface area contributed by atoms with Gasteiger partial charge in [-0.2, -0.15) is 0 Å². The number of aromatic nitrogens is 1. The molecule has 12 heavy (non-hydrogen) atoms. The third-order valence-electron chi connectivity index (χ3n) is 1.36. The Bertz CT molecular complexity index is 253. The zero-order valence-electron chi connectivity index (χ0n) is 5.92. The van der Waals surface area contributed by atoms with Crippen molar-refractivity contribution in [2.24, 2.45) is 0 Å². The van der Waals surface area contributed by atoms with Gasteiger partial charge in [0, 0.05) is 18.0 Å². The number of rotatable bonds is 2. The van der Waals surface area contributed by atoms with E-state index in [1.54, 1.807) is 18.3 Å². The van der Waals surface area contributed by atoms with Crippen molar-refractivity contribution in [3.8, 4) is 0 Å². The second kappa shape index (κ2) is 4.05. The van der Waals surface area contributed by atoms with Crippen LogP contribution < -0.4 is 0 Å². The first-order valence-corrected chi connectivity index (χ1v) is 5.36. The molecule has 0 saturated heterocycles. The van der Waals surface area contributed by atoms with E-state index >= 15 is 0 Å². The van der Waals surface area contributed by atoms with Crippen molar-refractivity contribution < 1.29 is 5.11 Å². The van der Waals surface area contributed by atoms with Crippen molar-refractivity contribution in [3.63, 3.8) is 0 Å². The average Bonchev–Trinajstić information content (AvgIpc) is 2.06. The SMILES string of the molecule is OC(Cl)(c1cccnc1)C(Br)Br. The minimum Gasteiger partial charge on any atom is -0.369 e. The Balaban J connectivity index is 2.98. The number of halogens is 3. The first-order valence-electron chi connectivity index (χ1n) is 3.15. The highest BCUT2D eigenvalue weighted by atomic mass is 79.9. The fourth-order valence-electron chi connectivity index (χ4n) is 0.696. The molecule has 0 amide bonds. The molecule has 0 aliphatic carbocycles. The maximum Gasteiger partial charge on any atom is 0.188 e. The summed E-state index contributed by atoms with van der Waals surface area (Å²) < 4.78 is -0.414. The summed E-state index contributed by atoms with van der Waals surface area (Å²) in [5.41, 5.74) is 0.547. The van der Waals surface area contributed by atoms with Crippen molar-refractivity contribution in [2.75, 3.05) is 0 Å². The standard InChI is InChI=1S/C7H6Br2ClNO/c8-6(9)7(10,12)5-2-1-3-11-4-5/h1-4,6,12H. The molecule has 0 bridgehead atoms. The second-order valence-electron chi connectivity index (χ2n) is 2.22. The lowest BCUT2D eigenvalue weighted by atomic mass is 10.2. The van der Waals surface area contributed by atoms with E-state index in [1.807, 2.05) is 0 Å². The molecular formula is C7H6Br2ClNO. The summed E-state index contributed by atoms with van der Waals surface area (Å²) in [5.74, 6) is 0. The molecule has 0 spiro atoms. The fraction of sp³-hybridized carbons (Fsp3) is 0.286. The van der Waals surface area contributed by atoms with Gasteiger partial charge in [-0.05, 0) is 6.07 Å². The minimum atomic E-state index is -1.46. The van der Waals surface area contributed by atoms with Crippen LogP contribution in [0.25, 0.3) is 0 Å². The van der Waals surface area contributed by atoms with Gasteiger partial charge in [-0.1, -0.05) is 49.5 Å². The lowest BCUT2D eigenvalue weighted by molar-refractivity contribution is 0.150. The quantitative estimate of drug-likeness (QED) is 0.851. The highest BCUT2D eigenvalue weighted by Gasteiger charge is 2.33. The van der Waals surface area contributed by atoms with Gasteiger partial charge in [-0.15, -0.1) is 0 Å². The first-order chi connectivity index (χ1) is 5.55. The Labute approximate surface area is 92.2 Å². The molecule has 1 aromatic rings. The van der Waals surface area contributed by atoms with E-state index in [4.69, 9.17) is 11.6 Å². The Morgan fingerprint density at radius 2 is 2.25 bits per heavy atom. The molecule has 1 heterocycles. The maximum atomic E-state index is 9.69. The van der Waals surface area contributed by atoms with Crippen molar-refractivity contribution in [1.82, 2.24) is 4.98 Å². The molecule has 0 aliphatic heterocycles. The molecule has 2 nitrogen and oxygen atoms in total. The number of alkyl halides is 3. The van der Waals surface area contributed by atoms with Crippen LogP contribution in [0.2, 0.25) is 0 Å². The summed E-state index contributed by atoms with van der Waals surface area (Å²) in [7, 11) is 0. The van der Waals surface area contributed by atoms with Gasteiger partial charge in [0.05, 0.1) is 0 Å². The van der Waals surface area contributed by atoms with Crippen LogP contribution in [0.3, 0.4) is 0 Å². The molecule has 5 heteroatoms. The lowest BCUT2D eigenvalue weighted by Crippen LogP contribution is -2.25. The van der Waals surface area contributed by atoms with Crippen LogP contribution in [0.15, 0.2) is 24.5 Å². The molecule has 1 rings (SSSR count). The predicted octanol–water partition coefficient (Wildman–Crippen LogP) is 2.58. The largest absolute Gasteiger partial charge is 0.369 e. The van der Waals surface area contributed by atoms with Crippen LogP contribution in [-0.2, 0) is 5.06 Å². The highest BCUT2D eigenvalue weighted by molar-refractivity contribution is 9.24. The van der Waals surface area contributed by atoms with Gasteiger partial charge in [-0.3, -0.25) is 4.98 Å². The van der Waals surface area contributed by atoms with Crippen LogP contribution in [0.1, 0.15) is 5.56 Å². The van der Waals surface area contributed by atoms with E-state index in [2.05, 4.69) is 36.8 Å². The molecule has 0 saturated carbocycles. The number of hydrogen-bond donors (Lipinski definition) is 1. The van der Waals surface area contributed by atoms with E-state index in [0.29, 0.717) is 5.56 Å². The third kappa shape index (κ3) is 2.19. The van der Waals surface area contributed by atoms with Crippen LogP contribution in [0.5, 0.6) is 0 Å². The fourth-order valence-corrected chi connectivity index (χ4v) is 1.34. The van der Waals surface area contributed by atoms with Crippen molar-refractivity contribution in [2.45, 2.75) is 8.80 Å². The van der Waals surface area contributed by atoms with Gasteiger partial charge in [0.25, 0.3) is 0 Å². The number of hydrogen-bond acceptors (Lipinski definition) is 2. The number of nitrogens with zero attached hydrogens (tertiary/aromatic N) is 1. The summed E-state index contributed by atoms with van der Waals surface area (Å²) in [5, 5.41) is 8.23. The molecule has 0 fully saturated rings. The molecule has 1 N–H and O–H groups in total. The number of aliphatic hydroxyl groups is 1. The van der Waals surface area contributed by atoms with Gasteiger partial charge in [-0.25, -0.2) is 0 Å². The zero-order valence-corrected chi connectivity index (χ0v) is 9.84. The van der Waals surface area contributed by atoms with Gasteiger partial charge in [0.1, 0.15) is 3.74 Å². The molecule has 0 aliphatic rings. The minimum absolute atomic E-state index is 0.414. The van der Waals surface area contributed by atoms with Gasteiger partial charge < -0.3 is 5.11 Å². The lowest BCUT2D eigenvalue weighted by Gasteiger charge is -2.21. The van der Waals surface area contributed by atoms with E-state index in [0.717, 1.165) is 0 Å². The number of pyridine rings is 1. The summed E-state index contributed by atoms with van der Waals surface area (Å²) >= 11 is 12.1. The topological polar surface area (TPSA) is 33.1 Å². The van der Waals surface area contributed by atoms with Crippen molar-refractivity contribution >= 4 is 43.5 Å². The Kier molecular flexibility index (Phi) is 3.52. The highest BCUT2D eigenvalue weighted by Crippen LogP contribution is 2.36. The Morgan fingerprint density at radius 3 is 2.67 bits per heavy atom. The molecule has 1 unspecified atom stereocenters. The Morgan fingerprint density at radius 1 is 1.58 bits per heavy atom. The van der Waals surface area contributed by atoms with Crippen LogP contribution in [-0.4, -0.2) is 13.8 Å². The smallest absolute Gasteiger partial charge is 0.188 e. The molecule has 1 aromatic heterocycles. The molecule has 0 aromatic carbocycles. The molecule has 1 atom stereocenters. The van der Waals surface area contributed by atoms with E-state index < -0.39 is 8.80 Å². The second-order valence-corrected chi connectivity index (χ2v) is 5.85. The summed E-state index contributed by atoms with van der Waals surface area (Å²) in [6.07, 6.45) is 3.14. The van der Waals surface area contributed by atoms with E-state index in [1.165, 1.54) is 6.20 Å². The predicted molar refractivity (Wildman–Crippen MR) is 55.6 cm³/mol. The maximum absolute atomic E-state index is 9.69.